The third-order valence-electron chi connectivity index (χ3n) is 4.53. The first-order chi connectivity index (χ1) is 12.1. The van der Waals surface area contributed by atoms with E-state index in [0.29, 0.717) is 5.22 Å². The molecule has 4 aromatic rings. The van der Waals surface area contributed by atoms with Gasteiger partial charge in [0.1, 0.15) is 7.85 Å². The Bertz CT molecular complexity index is 1350. The maximum atomic E-state index is 12.9. The van der Waals surface area contributed by atoms with Crippen LogP contribution in [0.5, 0.6) is 0 Å². The molecular formula is C22H17BOS. The monoisotopic (exact) mass is 340 g/mol. The first-order valence-corrected chi connectivity index (χ1v) is 9.11. The van der Waals surface area contributed by atoms with Crippen LogP contribution in [0.15, 0.2) is 59.4 Å². The molecule has 0 saturated heterocycles. The molecule has 0 aliphatic carbocycles. The lowest BCUT2D eigenvalue weighted by Gasteiger charge is -2.06. The number of fused-ring (bicyclic) bond motifs is 3. The smallest absolute Gasteiger partial charge is 0.195 e. The maximum Gasteiger partial charge on any atom is 0.195 e. The number of benzene rings is 3. The fourth-order valence-electron chi connectivity index (χ4n) is 3.23. The molecule has 0 amide bonds. The molecule has 25 heavy (non-hydrogen) atoms. The summed E-state index contributed by atoms with van der Waals surface area (Å²) in [5.41, 5.74) is 1.30. The van der Waals surface area contributed by atoms with Gasteiger partial charge in [-0.2, -0.15) is 0 Å². The fourth-order valence-corrected chi connectivity index (χ4v) is 4.21. The Hall–Kier alpha value is -2.65. The van der Waals surface area contributed by atoms with Crippen molar-refractivity contribution in [3.05, 3.63) is 74.6 Å². The summed E-state index contributed by atoms with van der Waals surface area (Å²) in [6.07, 6.45) is 5.67. The van der Waals surface area contributed by atoms with Crippen LogP contribution in [0.2, 0.25) is 0 Å². The predicted molar refractivity (Wildman–Crippen MR) is 115 cm³/mol. The van der Waals surface area contributed by atoms with Gasteiger partial charge in [-0.05, 0) is 58.8 Å². The summed E-state index contributed by atoms with van der Waals surface area (Å²) >= 11 is 1.58. The predicted octanol–water partition coefficient (Wildman–Crippen LogP) is 2.59. The highest BCUT2D eigenvalue weighted by Gasteiger charge is 2.06. The molecule has 1 aromatic heterocycles. The first kappa shape index (κ1) is 15.9. The minimum Gasteiger partial charge on any atom is -0.289 e. The molecule has 120 valence electrons. The van der Waals surface area contributed by atoms with Gasteiger partial charge in [-0.15, -0.1) is 11.3 Å². The Morgan fingerprint density at radius 2 is 1.72 bits per heavy atom. The molecule has 0 spiro atoms. The lowest BCUT2D eigenvalue weighted by Crippen LogP contribution is -2.36. The van der Waals surface area contributed by atoms with Crippen LogP contribution >= 0.6 is 11.3 Å². The number of hydrogen-bond donors (Lipinski definition) is 0. The molecule has 0 unspecified atom stereocenters. The molecule has 0 radical (unpaired) electrons. The first-order valence-electron chi connectivity index (χ1n) is 8.30. The molecule has 0 atom stereocenters. The van der Waals surface area contributed by atoms with Crippen molar-refractivity contribution >= 4 is 68.9 Å². The number of allylic oxidation sites excluding steroid dienone is 2. The molecular weight excluding hydrogens is 323 g/mol. The van der Waals surface area contributed by atoms with E-state index < -0.39 is 0 Å². The minimum atomic E-state index is 0.0584. The minimum absolute atomic E-state index is 0.0584. The summed E-state index contributed by atoms with van der Waals surface area (Å²) in [6.45, 7) is 6.02. The van der Waals surface area contributed by atoms with Crippen molar-refractivity contribution in [3.63, 3.8) is 0 Å². The Labute approximate surface area is 150 Å². The zero-order chi connectivity index (χ0) is 17.6. The quantitative estimate of drug-likeness (QED) is 0.385. The van der Waals surface area contributed by atoms with E-state index in [-0.39, 0.29) is 5.43 Å². The lowest BCUT2D eigenvalue weighted by atomic mass is 9.92. The normalized spacial score (nSPS) is 12.8. The van der Waals surface area contributed by atoms with E-state index in [1.807, 2.05) is 31.2 Å². The van der Waals surface area contributed by atoms with Gasteiger partial charge in [-0.3, -0.25) is 4.79 Å². The molecule has 1 heterocycles. The summed E-state index contributed by atoms with van der Waals surface area (Å²) in [5, 5.41) is 6.14. The van der Waals surface area contributed by atoms with Gasteiger partial charge in [0.15, 0.2) is 5.43 Å². The highest BCUT2D eigenvalue weighted by Crippen LogP contribution is 2.26. The second-order valence-electron chi connectivity index (χ2n) is 6.36. The highest BCUT2D eigenvalue weighted by molar-refractivity contribution is 7.16. The Morgan fingerprint density at radius 3 is 2.52 bits per heavy atom. The summed E-state index contributed by atoms with van der Waals surface area (Å²) < 4.78 is 1.80. The Kier molecular flexibility index (Phi) is 3.82. The summed E-state index contributed by atoms with van der Waals surface area (Å²) in [6, 6.07) is 15.0. The molecule has 3 aromatic carbocycles. The van der Waals surface area contributed by atoms with Crippen molar-refractivity contribution < 1.29 is 0 Å². The number of hydrogen-bond acceptors (Lipinski definition) is 2. The highest BCUT2D eigenvalue weighted by atomic mass is 32.1. The third kappa shape index (κ3) is 2.71. The van der Waals surface area contributed by atoms with E-state index in [9.17, 15) is 4.79 Å². The molecule has 1 nitrogen and oxygen atoms in total. The van der Waals surface area contributed by atoms with Crippen LogP contribution in [0.4, 0.5) is 0 Å². The average molecular weight is 340 g/mol. The summed E-state index contributed by atoms with van der Waals surface area (Å²) in [7, 11) is 2.10. The van der Waals surface area contributed by atoms with Crippen molar-refractivity contribution in [1.82, 2.24) is 0 Å². The second kappa shape index (κ2) is 6.01. The van der Waals surface area contributed by atoms with Gasteiger partial charge < -0.3 is 0 Å². The van der Waals surface area contributed by atoms with Gasteiger partial charge >= 0.3 is 0 Å². The van der Waals surface area contributed by atoms with Crippen molar-refractivity contribution in [2.45, 2.75) is 6.92 Å². The number of rotatable bonds is 1. The van der Waals surface area contributed by atoms with E-state index in [2.05, 4.69) is 50.8 Å². The van der Waals surface area contributed by atoms with Crippen LogP contribution in [0.25, 0.3) is 44.3 Å². The molecule has 0 saturated carbocycles. The van der Waals surface area contributed by atoms with Crippen LogP contribution < -0.4 is 20.6 Å². The Morgan fingerprint density at radius 1 is 1.00 bits per heavy atom. The van der Waals surface area contributed by atoms with Crippen molar-refractivity contribution in [3.8, 4) is 0 Å². The summed E-state index contributed by atoms with van der Waals surface area (Å²) in [4.78, 5) is 12.9. The van der Waals surface area contributed by atoms with Crippen molar-refractivity contribution in [1.29, 1.82) is 0 Å². The van der Waals surface area contributed by atoms with Gasteiger partial charge in [-0.25, -0.2) is 0 Å². The topological polar surface area (TPSA) is 17.1 Å². The average Bonchev–Trinajstić information content (AvgIpc) is 2.59. The van der Waals surface area contributed by atoms with E-state index in [0.717, 1.165) is 25.4 Å². The van der Waals surface area contributed by atoms with Crippen LogP contribution in [-0.4, -0.2) is 7.85 Å². The largest absolute Gasteiger partial charge is 0.289 e. The van der Waals surface area contributed by atoms with Crippen LogP contribution in [0.3, 0.4) is 0 Å². The van der Waals surface area contributed by atoms with Gasteiger partial charge in [0.25, 0.3) is 0 Å². The van der Waals surface area contributed by atoms with E-state index in [1.165, 1.54) is 16.2 Å². The molecule has 0 fully saturated rings. The van der Waals surface area contributed by atoms with E-state index in [1.54, 1.807) is 11.3 Å². The van der Waals surface area contributed by atoms with Gasteiger partial charge in [0, 0.05) is 19.8 Å². The SMILES string of the molecule is Bc1ccc2cc3cc4sc(=C)/c(=C\C=C/C)c(=O)c4cc3cc2c1. The fraction of sp³-hybridized carbons (Fsp3) is 0.0455. The second-order valence-corrected chi connectivity index (χ2v) is 7.50. The van der Waals surface area contributed by atoms with Gasteiger partial charge in [0.2, 0.25) is 0 Å². The van der Waals surface area contributed by atoms with Gasteiger partial charge in [-0.1, -0.05) is 42.4 Å². The summed E-state index contributed by atoms with van der Waals surface area (Å²) in [5.74, 6) is 0. The van der Waals surface area contributed by atoms with Crippen LogP contribution in [0, 0.1) is 0 Å². The molecule has 4 rings (SSSR count). The molecule has 3 heteroatoms. The molecule has 0 bridgehead atoms. The molecule has 0 aliphatic rings. The zero-order valence-corrected chi connectivity index (χ0v) is 15.1. The molecule has 0 N–H and O–H groups in total. The van der Waals surface area contributed by atoms with Crippen molar-refractivity contribution in [2.75, 3.05) is 0 Å². The molecule has 0 aliphatic heterocycles. The Balaban J connectivity index is 2.14. The van der Waals surface area contributed by atoms with Gasteiger partial charge in [0.05, 0.1) is 0 Å². The zero-order valence-electron chi connectivity index (χ0n) is 14.3. The standard InChI is InChI=1S/C22H17BOS/c1-3-4-5-19-13(2)25-21-12-17-8-14-6-7-18(23)10-15(14)9-16(17)11-20(21)22(19)24/h3-12H,2,23H2,1H3/b4-3-,19-5+. The van der Waals surface area contributed by atoms with Crippen LogP contribution in [0.1, 0.15) is 6.92 Å². The third-order valence-corrected chi connectivity index (χ3v) is 5.55. The van der Waals surface area contributed by atoms with Crippen molar-refractivity contribution in [2.24, 2.45) is 0 Å². The van der Waals surface area contributed by atoms with Crippen LogP contribution in [-0.2, 0) is 0 Å². The van der Waals surface area contributed by atoms with E-state index >= 15 is 0 Å². The lowest BCUT2D eigenvalue weighted by molar-refractivity contribution is 1.58. The maximum absolute atomic E-state index is 12.9. The van der Waals surface area contributed by atoms with E-state index in [4.69, 9.17) is 0 Å².